The fraction of sp³-hybridized carbons (Fsp3) is 0.276. The first kappa shape index (κ1) is 21.4. The zero-order valence-corrected chi connectivity index (χ0v) is 19.9. The molecule has 1 aliphatic carbocycles. The topological polar surface area (TPSA) is 72.9 Å². The number of anilines is 1. The minimum Gasteiger partial charge on any atom is -0.383 e. The Bertz CT molecular complexity index is 1580. The van der Waals surface area contributed by atoms with Crippen molar-refractivity contribution in [3.63, 3.8) is 0 Å². The lowest BCUT2D eigenvalue weighted by atomic mass is 9.79. The Morgan fingerprint density at radius 2 is 1.75 bits per heavy atom. The lowest BCUT2D eigenvalue weighted by molar-refractivity contribution is 0.0921. The van der Waals surface area contributed by atoms with Crippen molar-refractivity contribution >= 4 is 27.8 Å². The Morgan fingerprint density at radius 1 is 0.944 bits per heavy atom. The monoisotopic (exact) mass is 478 g/mol. The fourth-order valence-corrected chi connectivity index (χ4v) is 5.73. The van der Waals surface area contributed by atoms with Crippen molar-refractivity contribution < 1.29 is 4.39 Å². The third-order valence-corrected chi connectivity index (χ3v) is 7.87. The molecule has 2 aromatic carbocycles. The molecule has 0 radical (unpaired) electrons. The molecule has 3 aromatic heterocycles. The van der Waals surface area contributed by atoms with E-state index in [1.165, 1.54) is 32.4 Å². The summed E-state index contributed by atoms with van der Waals surface area (Å²) in [6.07, 6.45) is 7.04. The van der Waals surface area contributed by atoms with Crippen LogP contribution in [0.15, 0.2) is 67.1 Å². The highest BCUT2D eigenvalue weighted by molar-refractivity contribution is 6.02. The molecule has 4 heterocycles. The Kier molecular flexibility index (Phi) is 4.99. The lowest BCUT2D eigenvalue weighted by Crippen LogP contribution is -2.43. The fourth-order valence-electron chi connectivity index (χ4n) is 5.73. The van der Waals surface area contributed by atoms with Crippen molar-refractivity contribution in [2.45, 2.75) is 25.3 Å². The van der Waals surface area contributed by atoms with E-state index in [1.807, 2.05) is 60.8 Å². The molecule has 2 N–H and O–H groups in total. The maximum atomic E-state index is 16.1. The number of pyridine rings is 1. The highest BCUT2D eigenvalue weighted by Gasteiger charge is 2.34. The number of fused-ring (bicyclic) bond motifs is 2. The number of hydrogen-bond donors (Lipinski definition) is 1. The predicted molar refractivity (Wildman–Crippen MR) is 141 cm³/mol. The molecule has 0 atom stereocenters. The van der Waals surface area contributed by atoms with Crippen LogP contribution in [0.5, 0.6) is 0 Å². The van der Waals surface area contributed by atoms with Gasteiger partial charge in [-0.3, -0.25) is 0 Å². The molecular weight excluding hydrogens is 451 g/mol. The van der Waals surface area contributed by atoms with Crippen molar-refractivity contribution in [2.24, 2.45) is 5.92 Å². The number of likely N-dealkylation sites (tertiary alicyclic amines) is 1. The van der Waals surface area contributed by atoms with Gasteiger partial charge in [0.25, 0.3) is 0 Å². The zero-order valence-electron chi connectivity index (χ0n) is 19.9. The van der Waals surface area contributed by atoms with Crippen molar-refractivity contribution in [3.05, 3.63) is 72.9 Å². The zero-order chi connectivity index (χ0) is 24.2. The summed E-state index contributed by atoms with van der Waals surface area (Å²) >= 11 is 0. The Hall–Kier alpha value is -3.84. The second kappa shape index (κ2) is 8.38. The molecule has 7 heteroatoms. The normalized spacial score (nSPS) is 19.9. The Morgan fingerprint density at radius 3 is 2.53 bits per heavy atom. The Labute approximate surface area is 208 Å². The van der Waals surface area contributed by atoms with Gasteiger partial charge in [-0.1, -0.05) is 48.5 Å². The van der Waals surface area contributed by atoms with E-state index in [4.69, 9.17) is 10.7 Å². The van der Waals surface area contributed by atoms with Crippen LogP contribution in [0.25, 0.3) is 44.3 Å². The van der Waals surface area contributed by atoms with Crippen LogP contribution >= 0.6 is 0 Å². The number of nitrogens with two attached hydrogens (primary N) is 1. The minimum absolute atomic E-state index is 0.341. The number of halogens is 1. The van der Waals surface area contributed by atoms with E-state index in [1.54, 1.807) is 0 Å². The van der Waals surface area contributed by atoms with Gasteiger partial charge in [0.1, 0.15) is 23.3 Å². The largest absolute Gasteiger partial charge is 0.383 e. The van der Waals surface area contributed by atoms with Gasteiger partial charge in [0.2, 0.25) is 0 Å². The SMILES string of the molecule is Nc1ncnc2c1c(-c1ccc3ccc(-c4ccccc4)nc3c1F)cn2C1CC(CN2CCC2)C1. The molecule has 0 unspecified atom stereocenters. The number of aromatic nitrogens is 4. The second-order valence-corrected chi connectivity index (χ2v) is 10.1. The van der Waals surface area contributed by atoms with E-state index in [0.717, 1.165) is 40.7 Å². The average Bonchev–Trinajstić information content (AvgIpc) is 3.23. The summed E-state index contributed by atoms with van der Waals surface area (Å²) < 4.78 is 18.3. The minimum atomic E-state index is -0.350. The predicted octanol–water partition coefficient (Wildman–Crippen LogP) is 5.69. The standard InChI is InChI=1S/C29H27FN6/c30-26-22(9-7-20-8-10-24(34-27(20)26)19-5-2-1-3-6-19)23-16-36(29-25(23)28(31)32-17-33-29)21-13-18(14-21)15-35-11-4-12-35/h1-3,5-10,16-18,21H,4,11-15H2,(H2,31,32,33). The van der Waals surface area contributed by atoms with Crippen LogP contribution in [0.4, 0.5) is 10.2 Å². The van der Waals surface area contributed by atoms with Gasteiger partial charge < -0.3 is 15.2 Å². The number of benzene rings is 2. The van der Waals surface area contributed by atoms with Crippen LogP contribution in [0.2, 0.25) is 0 Å². The van der Waals surface area contributed by atoms with Crippen molar-refractivity contribution in [2.75, 3.05) is 25.4 Å². The van der Waals surface area contributed by atoms with Gasteiger partial charge in [0.15, 0.2) is 5.82 Å². The van der Waals surface area contributed by atoms with Gasteiger partial charge in [-0.25, -0.2) is 19.3 Å². The molecule has 1 aliphatic heterocycles. The number of hydrogen-bond acceptors (Lipinski definition) is 5. The molecule has 2 fully saturated rings. The smallest absolute Gasteiger partial charge is 0.157 e. The van der Waals surface area contributed by atoms with E-state index < -0.39 is 0 Å². The van der Waals surface area contributed by atoms with Crippen LogP contribution in [0.1, 0.15) is 25.3 Å². The highest BCUT2D eigenvalue weighted by Crippen LogP contribution is 2.44. The van der Waals surface area contributed by atoms with Gasteiger partial charge in [0, 0.05) is 40.9 Å². The summed E-state index contributed by atoms with van der Waals surface area (Å²) in [6.45, 7) is 3.62. The van der Waals surface area contributed by atoms with Gasteiger partial charge in [-0.05, 0) is 44.3 Å². The van der Waals surface area contributed by atoms with Gasteiger partial charge >= 0.3 is 0 Å². The molecule has 0 amide bonds. The Balaban J connectivity index is 1.31. The number of nitrogen functional groups attached to an aromatic ring is 1. The van der Waals surface area contributed by atoms with E-state index in [2.05, 4.69) is 19.4 Å². The van der Waals surface area contributed by atoms with Crippen molar-refractivity contribution in [1.29, 1.82) is 0 Å². The molecular formula is C29H27FN6. The second-order valence-electron chi connectivity index (χ2n) is 10.1. The van der Waals surface area contributed by atoms with E-state index in [-0.39, 0.29) is 5.82 Å². The maximum absolute atomic E-state index is 16.1. The third kappa shape index (κ3) is 3.45. The van der Waals surface area contributed by atoms with Crippen LogP contribution in [0, 0.1) is 11.7 Å². The summed E-state index contributed by atoms with van der Waals surface area (Å²) in [4.78, 5) is 16.0. The van der Waals surface area contributed by atoms with Gasteiger partial charge in [0.05, 0.1) is 11.1 Å². The van der Waals surface area contributed by atoms with E-state index >= 15 is 4.39 Å². The highest BCUT2D eigenvalue weighted by atomic mass is 19.1. The van der Waals surface area contributed by atoms with Crippen molar-refractivity contribution in [3.8, 4) is 22.4 Å². The van der Waals surface area contributed by atoms with Crippen LogP contribution in [-0.4, -0.2) is 44.1 Å². The first-order valence-corrected chi connectivity index (χ1v) is 12.6. The first-order chi connectivity index (χ1) is 17.7. The number of nitrogens with zero attached hydrogens (tertiary/aromatic N) is 5. The molecule has 7 rings (SSSR count). The molecule has 0 bridgehead atoms. The van der Waals surface area contributed by atoms with Crippen LogP contribution < -0.4 is 5.73 Å². The molecule has 5 aromatic rings. The number of rotatable bonds is 5. The van der Waals surface area contributed by atoms with Crippen LogP contribution in [0.3, 0.4) is 0 Å². The molecule has 6 nitrogen and oxygen atoms in total. The third-order valence-electron chi connectivity index (χ3n) is 7.87. The molecule has 36 heavy (non-hydrogen) atoms. The maximum Gasteiger partial charge on any atom is 0.157 e. The summed E-state index contributed by atoms with van der Waals surface area (Å²) in [5, 5.41) is 1.47. The van der Waals surface area contributed by atoms with Gasteiger partial charge in [-0.2, -0.15) is 0 Å². The molecule has 180 valence electrons. The summed E-state index contributed by atoms with van der Waals surface area (Å²) in [7, 11) is 0. The van der Waals surface area contributed by atoms with Gasteiger partial charge in [-0.15, -0.1) is 0 Å². The van der Waals surface area contributed by atoms with E-state index in [0.29, 0.717) is 34.2 Å². The summed E-state index contributed by atoms with van der Waals surface area (Å²) in [5.41, 5.74) is 10.4. The summed E-state index contributed by atoms with van der Waals surface area (Å²) in [6, 6.07) is 17.8. The van der Waals surface area contributed by atoms with Crippen LogP contribution in [-0.2, 0) is 0 Å². The quantitative estimate of drug-likeness (QED) is 0.351. The average molecular weight is 479 g/mol. The molecule has 0 spiro atoms. The lowest BCUT2D eigenvalue weighted by Gasteiger charge is -2.42. The molecule has 2 aliphatic rings. The van der Waals surface area contributed by atoms with E-state index in [9.17, 15) is 0 Å². The molecule has 1 saturated carbocycles. The molecule has 1 saturated heterocycles. The summed E-state index contributed by atoms with van der Waals surface area (Å²) in [5.74, 6) is 0.723. The van der Waals surface area contributed by atoms with Crippen molar-refractivity contribution in [1.82, 2.24) is 24.4 Å². The first-order valence-electron chi connectivity index (χ1n) is 12.6.